The third-order valence-corrected chi connectivity index (χ3v) is 3.88. The fraction of sp³-hybridized carbons (Fsp3) is 0.667. The van der Waals surface area contributed by atoms with Crippen molar-refractivity contribution in [3.63, 3.8) is 0 Å². The summed E-state index contributed by atoms with van der Waals surface area (Å²) >= 11 is 0. The van der Waals surface area contributed by atoms with Crippen LogP contribution in [-0.2, 0) is 18.3 Å². The molecule has 0 aliphatic heterocycles. The van der Waals surface area contributed by atoms with Crippen LogP contribution in [0, 0.1) is 0 Å². The normalized spacial score (nSPS) is 17.4. The first kappa shape index (κ1) is 13.2. The van der Waals surface area contributed by atoms with Crippen LogP contribution in [0.4, 0.5) is 0 Å². The third kappa shape index (κ3) is 3.90. The number of nitrogens with one attached hydrogen (secondary N) is 1. The first-order valence-corrected chi connectivity index (χ1v) is 7.15. The van der Waals surface area contributed by atoms with E-state index in [0.717, 1.165) is 19.3 Å². The highest BCUT2D eigenvalue weighted by Gasteiger charge is 2.14. The Morgan fingerprint density at radius 1 is 1.33 bits per heavy atom. The lowest BCUT2D eigenvalue weighted by molar-refractivity contribution is -0.121. The highest BCUT2D eigenvalue weighted by molar-refractivity contribution is 5.76. The van der Waals surface area contributed by atoms with Gasteiger partial charge < -0.3 is 9.88 Å². The Bertz CT molecular complexity index is 376. The molecule has 0 spiro atoms. The van der Waals surface area contributed by atoms with Crippen LogP contribution in [0.2, 0.25) is 0 Å². The smallest absolute Gasteiger partial charge is 0.220 e. The predicted octanol–water partition coefficient (Wildman–Crippen LogP) is 2.80. The molecule has 1 saturated carbocycles. The first-order chi connectivity index (χ1) is 8.75. The van der Waals surface area contributed by atoms with Gasteiger partial charge in [0, 0.05) is 31.4 Å². The SMILES string of the molecule is Cn1cccc1CCC(=O)NC1CCCCCC1. The highest BCUT2D eigenvalue weighted by atomic mass is 16.1. The molecule has 3 heteroatoms. The molecule has 0 saturated heterocycles. The summed E-state index contributed by atoms with van der Waals surface area (Å²) in [4.78, 5) is 11.9. The van der Waals surface area contributed by atoms with Crippen molar-refractivity contribution in [2.75, 3.05) is 0 Å². The summed E-state index contributed by atoms with van der Waals surface area (Å²) < 4.78 is 2.08. The summed E-state index contributed by atoms with van der Waals surface area (Å²) in [6.07, 6.45) is 11.0. The zero-order chi connectivity index (χ0) is 12.8. The van der Waals surface area contributed by atoms with Crippen LogP contribution >= 0.6 is 0 Å². The molecular formula is C15H24N2O. The Kier molecular flexibility index (Phi) is 4.85. The lowest BCUT2D eigenvalue weighted by Crippen LogP contribution is -2.34. The molecular weight excluding hydrogens is 224 g/mol. The van der Waals surface area contributed by atoms with Gasteiger partial charge in [0.15, 0.2) is 0 Å². The standard InChI is InChI=1S/C15H24N2O/c1-17-12-6-9-14(17)10-11-15(18)16-13-7-4-2-3-5-8-13/h6,9,12-13H,2-5,7-8,10-11H2,1H3,(H,16,18). The number of aryl methyl sites for hydroxylation is 2. The monoisotopic (exact) mass is 248 g/mol. The Balaban J connectivity index is 1.73. The Hall–Kier alpha value is -1.25. The molecule has 0 bridgehead atoms. The second kappa shape index (κ2) is 6.62. The zero-order valence-corrected chi connectivity index (χ0v) is 11.3. The number of nitrogens with zero attached hydrogens (tertiary/aromatic N) is 1. The van der Waals surface area contributed by atoms with Crippen molar-refractivity contribution < 1.29 is 4.79 Å². The maximum absolute atomic E-state index is 11.9. The van der Waals surface area contributed by atoms with E-state index in [1.54, 1.807) is 0 Å². The van der Waals surface area contributed by atoms with Gasteiger partial charge in [-0.1, -0.05) is 25.7 Å². The summed E-state index contributed by atoms with van der Waals surface area (Å²) in [6.45, 7) is 0. The average Bonchev–Trinajstić information content (AvgIpc) is 2.61. The minimum absolute atomic E-state index is 0.211. The van der Waals surface area contributed by atoms with Crippen molar-refractivity contribution in [1.29, 1.82) is 0 Å². The summed E-state index contributed by atoms with van der Waals surface area (Å²) in [6, 6.07) is 4.53. The molecule has 1 aromatic heterocycles. The molecule has 3 nitrogen and oxygen atoms in total. The molecule has 1 fully saturated rings. The number of rotatable bonds is 4. The number of hydrogen-bond acceptors (Lipinski definition) is 1. The zero-order valence-electron chi connectivity index (χ0n) is 11.3. The number of hydrogen-bond donors (Lipinski definition) is 1. The van der Waals surface area contributed by atoms with E-state index in [-0.39, 0.29) is 5.91 Å². The molecule has 1 N–H and O–H groups in total. The van der Waals surface area contributed by atoms with Crippen LogP contribution < -0.4 is 5.32 Å². The molecule has 0 aromatic carbocycles. The molecule has 100 valence electrons. The minimum Gasteiger partial charge on any atom is -0.354 e. The van der Waals surface area contributed by atoms with Crippen molar-refractivity contribution in [3.8, 4) is 0 Å². The number of carbonyl (C=O) groups is 1. The van der Waals surface area contributed by atoms with E-state index in [0.29, 0.717) is 12.5 Å². The molecule has 1 aromatic rings. The molecule has 0 atom stereocenters. The van der Waals surface area contributed by atoms with Gasteiger partial charge in [-0.05, 0) is 31.4 Å². The topological polar surface area (TPSA) is 34.0 Å². The molecule has 1 heterocycles. The first-order valence-electron chi connectivity index (χ1n) is 7.15. The van der Waals surface area contributed by atoms with E-state index >= 15 is 0 Å². The van der Waals surface area contributed by atoms with Crippen LogP contribution in [-0.4, -0.2) is 16.5 Å². The van der Waals surface area contributed by atoms with Crippen LogP contribution in [0.5, 0.6) is 0 Å². The fourth-order valence-corrected chi connectivity index (χ4v) is 2.72. The van der Waals surface area contributed by atoms with Gasteiger partial charge in [-0.2, -0.15) is 0 Å². The van der Waals surface area contributed by atoms with E-state index < -0.39 is 0 Å². The van der Waals surface area contributed by atoms with Crippen molar-refractivity contribution in [1.82, 2.24) is 9.88 Å². The fourth-order valence-electron chi connectivity index (χ4n) is 2.72. The molecule has 2 rings (SSSR count). The van der Waals surface area contributed by atoms with Gasteiger partial charge in [-0.25, -0.2) is 0 Å². The lowest BCUT2D eigenvalue weighted by Gasteiger charge is -2.16. The second-order valence-corrected chi connectivity index (χ2v) is 5.37. The van der Waals surface area contributed by atoms with Gasteiger partial charge in [0.2, 0.25) is 5.91 Å². The van der Waals surface area contributed by atoms with Crippen LogP contribution in [0.15, 0.2) is 18.3 Å². The quantitative estimate of drug-likeness (QED) is 0.817. The number of carbonyl (C=O) groups excluding carboxylic acids is 1. The molecule has 1 amide bonds. The Labute approximate surface area is 110 Å². The predicted molar refractivity (Wildman–Crippen MR) is 73.4 cm³/mol. The summed E-state index contributed by atoms with van der Waals surface area (Å²) in [5.41, 5.74) is 1.23. The molecule has 0 unspecified atom stereocenters. The van der Waals surface area contributed by atoms with Crippen LogP contribution in [0.25, 0.3) is 0 Å². The maximum atomic E-state index is 11.9. The Morgan fingerprint density at radius 2 is 2.06 bits per heavy atom. The number of amides is 1. The summed E-state index contributed by atoms with van der Waals surface area (Å²) in [5.74, 6) is 0.211. The van der Waals surface area contributed by atoms with Gasteiger partial charge >= 0.3 is 0 Å². The maximum Gasteiger partial charge on any atom is 0.220 e. The highest BCUT2D eigenvalue weighted by Crippen LogP contribution is 2.17. The summed E-state index contributed by atoms with van der Waals surface area (Å²) in [5, 5.41) is 3.19. The molecule has 0 radical (unpaired) electrons. The number of aromatic nitrogens is 1. The van der Waals surface area contributed by atoms with E-state index in [1.165, 1.54) is 31.4 Å². The van der Waals surface area contributed by atoms with E-state index in [2.05, 4.69) is 16.0 Å². The average molecular weight is 248 g/mol. The van der Waals surface area contributed by atoms with Crippen LogP contribution in [0.3, 0.4) is 0 Å². The van der Waals surface area contributed by atoms with E-state index in [9.17, 15) is 4.79 Å². The van der Waals surface area contributed by atoms with Crippen molar-refractivity contribution in [2.45, 2.75) is 57.4 Å². The van der Waals surface area contributed by atoms with Gasteiger partial charge in [0.1, 0.15) is 0 Å². The van der Waals surface area contributed by atoms with Crippen molar-refractivity contribution >= 4 is 5.91 Å². The van der Waals surface area contributed by atoms with E-state index in [1.807, 2.05) is 19.3 Å². The van der Waals surface area contributed by atoms with E-state index in [4.69, 9.17) is 0 Å². The van der Waals surface area contributed by atoms with Gasteiger partial charge in [-0.15, -0.1) is 0 Å². The third-order valence-electron chi connectivity index (χ3n) is 3.88. The molecule has 1 aliphatic carbocycles. The second-order valence-electron chi connectivity index (χ2n) is 5.37. The van der Waals surface area contributed by atoms with Gasteiger partial charge in [0.25, 0.3) is 0 Å². The molecule has 18 heavy (non-hydrogen) atoms. The van der Waals surface area contributed by atoms with Crippen molar-refractivity contribution in [2.24, 2.45) is 7.05 Å². The Morgan fingerprint density at radius 3 is 2.67 bits per heavy atom. The van der Waals surface area contributed by atoms with Gasteiger partial charge in [0.05, 0.1) is 0 Å². The summed E-state index contributed by atoms with van der Waals surface area (Å²) in [7, 11) is 2.03. The largest absolute Gasteiger partial charge is 0.354 e. The van der Waals surface area contributed by atoms with Crippen LogP contribution in [0.1, 0.15) is 50.6 Å². The lowest BCUT2D eigenvalue weighted by atomic mass is 10.1. The molecule has 1 aliphatic rings. The minimum atomic E-state index is 0.211. The van der Waals surface area contributed by atoms with Gasteiger partial charge in [-0.3, -0.25) is 4.79 Å². The van der Waals surface area contributed by atoms with Crippen molar-refractivity contribution in [3.05, 3.63) is 24.0 Å².